The number of hydrogen-bond donors (Lipinski definition) is 14. The maximum absolute atomic E-state index is 14.4. The van der Waals surface area contributed by atoms with Crippen LogP contribution in [-0.4, -0.2) is 143 Å². The van der Waals surface area contributed by atoms with Crippen LogP contribution in [0.1, 0.15) is 169 Å². The lowest BCUT2D eigenvalue weighted by atomic mass is 9.92. The van der Waals surface area contributed by atoms with Gasteiger partial charge in [0.2, 0.25) is 29.5 Å². The number of methoxy groups -OCH3 is 3. The number of unbranched alkanes of at least 4 members (excludes halogenated alkanes) is 4. The molecule has 18 N–H and O–H groups in total. The number of rotatable bonds is 41. The molecule has 0 radical (unpaired) electrons. The second-order valence-corrected chi connectivity index (χ2v) is 22.1. The minimum atomic E-state index is -1.23. The van der Waals surface area contributed by atoms with Crippen molar-refractivity contribution < 1.29 is 67.3 Å². The van der Waals surface area contributed by atoms with Gasteiger partial charge in [-0.1, -0.05) is 19.9 Å². The maximum atomic E-state index is 14.4. The first-order valence-corrected chi connectivity index (χ1v) is 31.1. The molecule has 5 unspecified atom stereocenters. The summed E-state index contributed by atoms with van der Waals surface area (Å²) in [7, 11) is 5.75. The van der Waals surface area contributed by atoms with Gasteiger partial charge in [-0.05, 0) is 201 Å². The summed E-state index contributed by atoms with van der Waals surface area (Å²) in [6.07, 6.45) is 5.70. The van der Waals surface area contributed by atoms with E-state index in [9.17, 15) is 53.1 Å². The number of ether oxygens (including phenoxy) is 3. The van der Waals surface area contributed by atoms with E-state index in [-0.39, 0.29) is 114 Å². The molecule has 92 heavy (non-hydrogen) atoms. The number of esters is 1. The fourth-order valence-corrected chi connectivity index (χ4v) is 9.81. The van der Waals surface area contributed by atoms with E-state index in [1.165, 1.54) is 82.0 Å². The molecule has 0 fully saturated rings. The van der Waals surface area contributed by atoms with Crippen molar-refractivity contribution in [2.24, 2.45) is 22.9 Å². The molecule has 27 heteroatoms. The van der Waals surface area contributed by atoms with Crippen LogP contribution in [0.15, 0.2) is 72.8 Å². The zero-order valence-electron chi connectivity index (χ0n) is 53.5. The summed E-state index contributed by atoms with van der Waals surface area (Å²) < 4.78 is 15.4. The van der Waals surface area contributed by atoms with Gasteiger partial charge in [0.05, 0.1) is 38.0 Å². The number of anilines is 4. The molecular formula is C65H93N13O14. The predicted octanol–water partition coefficient (Wildman–Crippen LogP) is 4.78. The Bertz CT molecular complexity index is 3160. The van der Waals surface area contributed by atoms with Crippen LogP contribution in [0.4, 0.5) is 22.7 Å². The smallest absolute Gasteiger partial charge is 0.305 e. The van der Waals surface area contributed by atoms with E-state index in [1.807, 2.05) is 13.8 Å². The molecule has 27 nitrogen and oxygen atoms in total. The fourth-order valence-electron chi connectivity index (χ4n) is 9.81. The monoisotopic (exact) mass is 1280 g/mol. The molecule has 4 rings (SSSR count). The van der Waals surface area contributed by atoms with Gasteiger partial charge in [0, 0.05) is 41.2 Å². The molecule has 0 heterocycles. The summed E-state index contributed by atoms with van der Waals surface area (Å²) >= 11 is 0. The molecule has 0 aliphatic carbocycles. The van der Waals surface area contributed by atoms with E-state index in [0.717, 1.165) is 0 Å². The molecule has 0 aromatic heterocycles. The third-order valence-electron chi connectivity index (χ3n) is 15.2. The van der Waals surface area contributed by atoms with Crippen LogP contribution < -0.4 is 80.3 Å². The van der Waals surface area contributed by atoms with Gasteiger partial charge in [0.25, 0.3) is 23.6 Å². The van der Waals surface area contributed by atoms with Crippen molar-refractivity contribution in [2.75, 3.05) is 75.8 Å². The Labute approximate surface area is 537 Å². The summed E-state index contributed by atoms with van der Waals surface area (Å²) in [5.74, 6) is -6.73. The van der Waals surface area contributed by atoms with Crippen LogP contribution in [0.3, 0.4) is 0 Å². The first-order chi connectivity index (χ1) is 44.1. The molecular weight excluding hydrogens is 1190 g/mol. The Kier molecular flexibility index (Phi) is 32.6. The topological polar surface area (TPSA) is 431 Å². The molecule has 0 saturated heterocycles. The van der Waals surface area contributed by atoms with Gasteiger partial charge in [-0.3, -0.25) is 47.9 Å². The summed E-state index contributed by atoms with van der Waals surface area (Å²) in [6, 6.07) is 12.8. The minimum Gasteiger partial charge on any atom is -0.507 e. The third-order valence-corrected chi connectivity index (χ3v) is 15.2. The number of primary amides is 1. The second kappa shape index (κ2) is 39.8. The SMILES string of the molecule is CCC(C)c1ccc(NC(=O)C(CCCCN)NC(=O)c2cc(NC(=O)C(CCCCN)NC(=O)c3cc(NC(=O)C(CCCCNC)NC(=O)CCCC(=O)OC)ccc3O)ccc2OC)cc1C(=O)NC(CCCCN)C(=O)Nc1ccc(OC)c(C(N)=O)c1. The van der Waals surface area contributed by atoms with Gasteiger partial charge in [0.1, 0.15) is 41.4 Å². The first-order valence-electron chi connectivity index (χ1n) is 31.1. The number of phenolic OH excluding ortho intramolecular Hbond substituents is 1. The number of nitrogens with two attached hydrogens (primary N) is 4. The van der Waals surface area contributed by atoms with E-state index in [2.05, 4.69) is 52.6 Å². The quantitative estimate of drug-likeness (QED) is 0.0161. The predicted molar refractivity (Wildman–Crippen MR) is 350 cm³/mol. The number of hydrogen-bond acceptors (Lipinski definition) is 18. The molecule has 9 amide bonds. The highest BCUT2D eigenvalue weighted by atomic mass is 16.5. The Morgan fingerprint density at radius 2 is 0.870 bits per heavy atom. The molecule has 0 spiro atoms. The zero-order valence-corrected chi connectivity index (χ0v) is 53.5. The fraction of sp³-hybridized carbons (Fsp3) is 0.477. The van der Waals surface area contributed by atoms with Gasteiger partial charge >= 0.3 is 5.97 Å². The van der Waals surface area contributed by atoms with Crippen molar-refractivity contribution >= 4 is 81.9 Å². The van der Waals surface area contributed by atoms with Crippen LogP contribution in [0, 0.1) is 0 Å². The largest absolute Gasteiger partial charge is 0.507 e. The van der Waals surface area contributed by atoms with Crippen molar-refractivity contribution in [1.29, 1.82) is 0 Å². The van der Waals surface area contributed by atoms with Crippen LogP contribution in [0.2, 0.25) is 0 Å². The Hall–Kier alpha value is -9.18. The van der Waals surface area contributed by atoms with Crippen molar-refractivity contribution in [3.8, 4) is 17.2 Å². The standard InChI is InChI=1S/C65H93N13O14/c1-7-39(2)44-27-23-40(35-45(44)59(83)76-50(17-8-12-31-66)63(87)73-42-25-29-54(90-4)47(37-42)58(69)82)71-65(89)52(19-10-14-33-68)78-61(85)48-38-43(26-30-55(48)91-5)74-64(88)51(18-9-13-32-67)77-60(84)46-36-41(24-28-53(46)79)72-62(86)49(20-11-15-34-70-3)75-56(80)21-16-22-57(81)92-6/h23-30,35-39,49-52,70,79H,7-22,31-34,66-68H2,1-6H3,(H2,69,82)(H,71,89)(H,72,86)(H,73,87)(H,74,88)(H,75,80)(H,76,83)(H,77,84)(H,78,85). The highest BCUT2D eigenvalue weighted by Gasteiger charge is 2.30. The van der Waals surface area contributed by atoms with Gasteiger partial charge in [-0.2, -0.15) is 0 Å². The summed E-state index contributed by atoms with van der Waals surface area (Å²) in [5.41, 5.74) is 24.2. The molecule has 0 bridgehead atoms. The summed E-state index contributed by atoms with van der Waals surface area (Å²) in [5, 5.41) is 36.1. The normalized spacial score (nSPS) is 12.5. The number of benzene rings is 4. The van der Waals surface area contributed by atoms with Crippen LogP contribution in [0.5, 0.6) is 17.2 Å². The molecule has 4 aromatic carbocycles. The van der Waals surface area contributed by atoms with E-state index in [0.29, 0.717) is 83.0 Å². The van der Waals surface area contributed by atoms with Crippen LogP contribution in [0.25, 0.3) is 0 Å². The van der Waals surface area contributed by atoms with Crippen molar-refractivity contribution in [1.82, 2.24) is 26.6 Å². The summed E-state index contributed by atoms with van der Waals surface area (Å²) in [6.45, 7) is 5.50. The third kappa shape index (κ3) is 24.2. The van der Waals surface area contributed by atoms with Crippen molar-refractivity contribution in [3.63, 3.8) is 0 Å². The highest BCUT2D eigenvalue weighted by molar-refractivity contribution is 6.07. The Balaban J connectivity index is 1.56. The molecule has 0 aliphatic heterocycles. The Morgan fingerprint density at radius 3 is 1.30 bits per heavy atom. The lowest BCUT2D eigenvalue weighted by Crippen LogP contribution is -2.45. The zero-order chi connectivity index (χ0) is 67.7. The van der Waals surface area contributed by atoms with E-state index in [1.54, 1.807) is 19.2 Å². The lowest BCUT2D eigenvalue weighted by Gasteiger charge is -2.23. The maximum Gasteiger partial charge on any atom is 0.305 e. The average Bonchev–Trinajstić information content (AvgIpc) is 1.03. The molecule has 0 aliphatic rings. The number of phenols is 1. The summed E-state index contributed by atoms with van der Waals surface area (Å²) in [4.78, 5) is 136. The van der Waals surface area contributed by atoms with E-state index < -0.39 is 89.1 Å². The van der Waals surface area contributed by atoms with Crippen LogP contribution >= 0.6 is 0 Å². The van der Waals surface area contributed by atoms with E-state index >= 15 is 0 Å². The number of carbonyl (C=O) groups is 10. The average molecular weight is 1280 g/mol. The number of nitrogens with one attached hydrogen (secondary N) is 9. The van der Waals surface area contributed by atoms with Gasteiger partial charge < -0.3 is 90.1 Å². The number of carbonyl (C=O) groups excluding carboxylic acids is 10. The van der Waals surface area contributed by atoms with Gasteiger partial charge in [0.15, 0.2) is 0 Å². The second-order valence-electron chi connectivity index (χ2n) is 22.1. The van der Waals surface area contributed by atoms with E-state index in [4.69, 9.17) is 32.4 Å². The van der Waals surface area contributed by atoms with Gasteiger partial charge in [-0.15, -0.1) is 0 Å². The molecule has 5 atom stereocenters. The minimum absolute atomic E-state index is 0.0232. The lowest BCUT2D eigenvalue weighted by molar-refractivity contribution is -0.141. The first kappa shape index (κ1) is 75.3. The van der Waals surface area contributed by atoms with Crippen LogP contribution in [-0.2, 0) is 33.5 Å². The molecule has 502 valence electrons. The molecule has 0 saturated carbocycles. The Morgan fingerprint density at radius 1 is 0.478 bits per heavy atom. The number of aromatic hydroxyl groups is 1. The highest BCUT2D eigenvalue weighted by Crippen LogP contribution is 2.29. The number of amides is 9. The van der Waals surface area contributed by atoms with Gasteiger partial charge in [-0.25, -0.2) is 0 Å². The van der Waals surface area contributed by atoms with Crippen molar-refractivity contribution in [2.45, 2.75) is 147 Å². The molecule has 4 aromatic rings. The van der Waals surface area contributed by atoms with Crippen molar-refractivity contribution in [3.05, 3.63) is 101 Å².